The Bertz CT molecular complexity index is 233. The summed E-state index contributed by atoms with van der Waals surface area (Å²) in [5, 5.41) is 15.2. The minimum atomic E-state index is -0.0675. The lowest BCUT2D eigenvalue weighted by Gasteiger charge is -2.31. The maximum Gasteiger partial charge on any atom is 0.237 e. The van der Waals surface area contributed by atoms with Crippen molar-refractivity contribution in [3.63, 3.8) is 0 Å². The maximum atomic E-state index is 12.0. The van der Waals surface area contributed by atoms with Gasteiger partial charge in [-0.2, -0.15) is 0 Å². The molecule has 0 radical (unpaired) electrons. The van der Waals surface area contributed by atoms with Crippen LogP contribution >= 0.6 is 0 Å². The molecule has 1 saturated heterocycles. The number of piperidine rings is 1. The van der Waals surface area contributed by atoms with Gasteiger partial charge < -0.3 is 15.7 Å². The van der Waals surface area contributed by atoms with E-state index in [0.29, 0.717) is 5.92 Å². The molecule has 0 aliphatic carbocycles. The van der Waals surface area contributed by atoms with E-state index < -0.39 is 0 Å². The largest absolute Gasteiger partial charge is 0.396 e. The van der Waals surface area contributed by atoms with E-state index in [0.717, 1.165) is 19.4 Å². The summed E-state index contributed by atoms with van der Waals surface area (Å²) in [6.07, 6.45) is 2.25. The molecule has 1 fully saturated rings. The highest BCUT2D eigenvalue weighted by atomic mass is 16.3. The van der Waals surface area contributed by atoms with Gasteiger partial charge in [-0.05, 0) is 38.1 Å². The normalized spacial score (nSPS) is 29.5. The molecule has 4 heteroatoms. The van der Waals surface area contributed by atoms with E-state index >= 15 is 0 Å². The Balaban J connectivity index is 2.44. The van der Waals surface area contributed by atoms with Gasteiger partial charge in [-0.25, -0.2) is 0 Å². The van der Waals surface area contributed by atoms with Crippen molar-refractivity contribution in [3.8, 4) is 0 Å². The van der Waals surface area contributed by atoms with Gasteiger partial charge in [0.1, 0.15) is 0 Å². The zero-order valence-electron chi connectivity index (χ0n) is 10.5. The van der Waals surface area contributed by atoms with E-state index in [1.54, 1.807) is 0 Å². The second kappa shape index (κ2) is 6.21. The van der Waals surface area contributed by atoms with Gasteiger partial charge in [-0.3, -0.25) is 4.79 Å². The lowest BCUT2D eigenvalue weighted by molar-refractivity contribution is -0.125. The highest BCUT2D eigenvalue weighted by Crippen LogP contribution is 2.16. The van der Waals surface area contributed by atoms with Crippen LogP contribution in [-0.2, 0) is 4.79 Å². The van der Waals surface area contributed by atoms with Crippen LogP contribution in [0.3, 0.4) is 0 Å². The lowest BCUT2D eigenvalue weighted by Crippen LogP contribution is -2.53. The number of nitrogens with one attached hydrogen (secondary N) is 2. The van der Waals surface area contributed by atoms with Crippen molar-refractivity contribution in [2.75, 3.05) is 13.2 Å². The minimum Gasteiger partial charge on any atom is -0.396 e. The molecule has 4 atom stereocenters. The monoisotopic (exact) mass is 228 g/mol. The molecule has 1 aliphatic rings. The van der Waals surface area contributed by atoms with Crippen molar-refractivity contribution >= 4 is 5.91 Å². The van der Waals surface area contributed by atoms with Crippen LogP contribution in [0.15, 0.2) is 0 Å². The number of aliphatic hydroxyl groups is 1. The summed E-state index contributed by atoms with van der Waals surface area (Å²) in [4.78, 5) is 12.0. The minimum absolute atomic E-state index is 0.0217. The van der Waals surface area contributed by atoms with Crippen LogP contribution in [0.2, 0.25) is 0 Å². The summed E-state index contributed by atoms with van der Waals surface area (Å²) in [6, 6.07) is -0.0458. The highest BCUT2D eigenvalue weighted by molar-refractivity contribution is 5.82. The highest BCUT2D eigenvalue weighted by Gasteiger charge is 2.28. The van der Waals surface area contributed by atoms with Crippen molar-refractivity contribution in [1.29, 1.82) is 0 Å². The second-order valence-electron chi connectivity index (χ2n) is 5.01. The fourth-order valence-electron chi connectivity index (χ4n) is 2.02. The number of amides is 1. The summed E-state index contributed by atoms with van der Waals surface area (Å²) in [6.45, 7) is 7.01. The molecular weight excluding hydrogens is 204 g/mol. The Morgan fingerprint density at radius 3 is 2.81 bits per heavy atom. The summed E-state index contributed by atoms with van der Waals surface area (Å²) in [5.74, 6) is 0.563. The molecule has 4 nitrogen and oxygen atoms in total. The van der Waals surface area contributed by atoms with Gasteiger partial charge in [-0.1, -0.05) is 13.8 Å². The van der Waals surface area contributed by atoms with Crippen LogP contribution in [0.25, 0.3) is 0 Å². The first-order chi connectivity index (χ1) is 7.56. The van der Waals surface area contributed by atoms with E-state index in [2.05, 4.69) is 17.6 Å². The van der Waals surface area contributed by atoms with E-state index in [1.165, 1.54) is 0 Å². The van der Waals surface area contributed by atoms with Crippen LogP contribution in [0, 0.1) is 11.8 Å². The van der Waals surface area contributed by atoms with Crippen molar-refractivity contribution in [2.45, 2.75) is 45.7 Å². The summed E-state index contributed by atoms with van der Waals surface area (Å²) >= 11 is 0. The standard InChI is InChI=1S/C12H24N2O2/c1-8-5-4-6-13-11(8)12(16)14-10(3)9(2)7-15/h8-11,13,15H,4-7H2,1-3H3,(H,14,16). The molecule has 4 unspecified atom stereocenters. The fraction of sp³-hybridized carbons (Fsp3) is 0.917. The third kappa shape index (κ3) is 3.46. The van der Waals surface area contributed by atoms with Crippen molar-refractivity contribution in [2.24, 2.45) is 11.8 Å². The molecule has 0 spiro atoms. The number of aliphatic hydroxyl groups excluding tert-OH is 1. The number of rotatable bonds is 4. The van der Waals surface area contributed by atoms with Gasteiger partial charge in [-0.15, -0.1) is 0 Å². The van der Waals surface area contributed by atoms with E-state index in [1.807, 2.05) is 13.8 Å². The molecule has 0 saturated carbocycles. The molecule has 1 aliphatic heterocycles. The summed E-state index contributed by atoms with van der Waals surface area (Å²) < 4.78 is 0. The van der Waals surface area contributed by atoms with Gasteiger partial charge >= 0.3 is 0 Å². The van der Waals surface area contributed by atoms with Crippen LogP contribution < -0.4 is 10.6 Å². The molecular formula is C12H24N2O2. The third-order valence-electron chi connectivity index (χ3n) is 3.56. The number of hydrogen-bond donors (Lipinski definition) is 3. The van der Waals surface area contributed by atoms with E-state index in [4.69, 9.17) is 5.11 Å². The molecule has 3 N–H and O–H groups in total. The number of hydrogen-bond acceptors (Lipinski definition) is 3. The van der Waals surface area contributed by atoms with Crippen LogP contribution in [0.5, 0.6) is 0 Å². The number of carbonyl (C=O) groups is 1. The van der Waals surface area contributed by atoms with Gasteiger partial charge in [0.05, 0.1) is 6.04 Å². The molecule has 1 amide bonds. The molecule has 0 bridgehead atoms. The Morgan fingerprint density at radius 2 is 2.25 bits per heavy atom. The summed E-state index contributed by atoms with van der Waals surface area (Å²) in [5.41, 5.74) is 0. The van der Waals surface area contributed by atoms with Crippen LogP contribution in [0.1, 0.15) is 33.6 Å². The summed E-state index contributed by atoms with van der Waals surface area (Å²) in [7, 11) is 0. The first-order valence-electron chi connectivity index (χ1n) is 6.21. The topological polar surface area (TPSA) is 61.4 Å². The smallest absolute Gasteiger partial charge is 0.237 e. The number of carbonyl (C=O) groups excluding carboxylic acids is 1. The zero-order chi connectivity index (χ0) is 12.1. The maximum absolute atomic E-state index is 12.0. The molecule has 94 valence electrons. The average molecular weight is 228 g/mol. The predicted octanol–water partition coefficient (Wildman–Crippen LogP) is 0.508. The Morgan fingerprint density at radius 1 is 1.56 bits per heavy atom. The van der Waals surface area contributed by atoms with Gasteiger partial charge in [0.25, 0.3) is 0 Å². The second-order valence-corrected chi connectivity index (χ2v) is 5.01. The Hall–Kier alpha value is -0.610. The molecule has 1 rings (SSSR count). The van der Waals surface area contributed by atoms with Gasteiger partial charge in [0.2, 0.25) is 5.91 Å². The lowest BCUT2D eigenvalue weighted by atomic mass is 9.91. The predicted molar refractivity (Wildman–Crippen MR) is 64.0 cm³/mol. The zero-order valence-corrected chi connectivity index (χ0v) is 10.5. The average Bonchev–Trinajstić information content (AvgIpc) is 2.28. The first kappa shape index (κ1) is 13.5. The molecule has 0 aromatic heterocycles. The van der Waals surface area contributed by atoms with Crippen molar-refractivity contribution in [1.82, 2.24) is 10.6 Å². The van der Waals surface area contributed by atoms with Crippen molar-refractivity contribution < 1.29 is 9.90 Å². The quantitative estimate of drug-likeness (QED) is 0.657. The molecule has 1 heterocycles. The van der Waals surface area contributed by atoms with Crippen molar-refractivity contribution in [3.05, 3.63) is 0 Å². The van der Waals surface area contributed by atoms with E-state index in [-0.39, 0.29) is 30.5 Å². The first-order valence-corrected chi connectivity index (χ1v) is 6.21. The molecule has 16 heavy (non-hydrogen) atoms. The van der Waals surface area contributed by atoms with Crippen LogP contribution in [-0.4, -0.2) is 36.2 Å². The SMILES string of the molecule is CC(CO)C(C)NC(=O)C1NCCCC1C. The fourth-order valence-corrected chi connectivity index (χ4v) is 2.02. The van der Waals surface area contributed by atoms with Gasteiger partial charge in [0, 0.05) is 12.6 Å². The molecule has 0 aromatic carbocycles. The Labute approximate surface area is 97.8 Å². The Kier molecular flexibility index (Phi) is 5.22. The van der Waals surface area contributed by atoms with E-state index in [9.17, 15) is 4.79 Å². The van der Waals surface area contributed by atoms with Crippen LogP contribution in [0.4, 0.5) is 0 Å². The van der Waals surface area contributed by atoms with Gasteiger partial charge in [0.15, 0.2) is 0 Å². The third-order valence-corrected chi connectivity index (χ3v) is 3.56. The molecule has 0 aromatic rings.